The van der Waals surface area contributed by atoms with Crippen LogP contribution in [0, 0.1) is 0 Å². The Hall–Kier alpha value is 0.220. The van der Waals surface area contributed by atoms with Gasteiger partial charge in [-0.2, -0.15) is 11.8 Å². The quantitative estimate of drug-likeness (QED) is 0.593. The Labute approximate surface area is 97.6 Å². The highest BCUT2D eigenvalue weighted by molar-refractivity contribution is 7.99. The topological polar surface area (TPSA) is 58.2 Å². The molecule has 2 N–H and O–H groups in total. The van der Waals surface area contributed by atoms with Gasteiger partial charge in [-0.3, -0.25) is 0 Å². The number of sulfonamides is 1. The van der Waals surface area contributed by atoms with E-state index >= 15 is 0 Å². The predicted octanol–water partition coefficient (Wildman–Crippen LogP) is 0.657. The minimum Gasteiger partial charge on any atom is -0.320 e. The monoisotopic (exact) mass is 254 g/mol. The molecule has 1 atom stereocenters. The highest BCUT2D eigenvalue weighted by Crippen LogP contribution is 2.02. The molecule has 4 nitrogen and oxygen atoms in total. The molecule has 0 aliphatic rings. The van der Waals surface area contributed by atoms with E-state index in [2.05, 4.69) is 17.0 Å². The van der Waals surface area contributed by atoms with Crippen molar-refractivity contribution in [3.63, 3.8) is 0 Å². The SMILES string of the molecule is CCSCC(C)NS(=O)(=O)CCCNC. The highest BCUT2D eigenvalue weighted by Gasteiger charge is 2.13. The molecular formula is C9H22N2O2S2. The maximum atomic E-state index is 11.5. The van der Waals surface area contributed by atoms with Crippen LogP contribution < -0.4 is 10.0 Å². The first-order chi connectivity index (χ1) is 7.02. The van der Waals surface area contributed by atoms with Crippen molar-refractivity contribution in [2.45, 2.75) is 26.3 Å². The molecule has 92 valence electrons. The fourth-order valence-corrected chi connectivity index (χ4v) is 3.25. The summed E-state index contributed by atoms with van der Waals surface area (Å²) in [6.07, 6.45) is 0.652. The fourth-order valence-electron chi connectivity index (χ4n) is 1.13. The predicted molar refractivity (Wildman–Crippen MR) is 67.9 cm³/mol. The van der Waals surface area contributed by atoms with E-state index in [4.69, 9.17) is 0 Å². The minimum absolute atomic E-state index is 0.0227. The molecule has 0 aliphatic heterocycles. The zero-order valence-electron chi connectivity index (χ0n) is 9.75. The number of hydrogen-bond acceptors (Lipinski definition) is 4. The van der Waals surface area contributed by atoms with Gasteiger partial charge in [0.2, 0.25) is 10.0 Å². The first kappa shape index (κ1) is 15.2. The van der Waals surface area contributed by atoms with Crippen molar-refractivity contribution in [1.29, 1.82) is 0 Å². The number of nitrogens with one attached hydrogen (secondary N) is 2. The van der Waals surface area contributed by atoms with Gasteiger partial charge in [-0.25, -0.2) is 13.1 Å². The number of rotatable bonds is 9. The van der Waals surface area contributed by atoms with E-state index in [1.165, 1.54) is 0 Å². The molecule has 15 heavy (non-hydrogen) atoms. The molecule has 1 unspecified atom stereocenters. The van der Waals surface area contributed by atoms with Crippen LogP contribution in [0.25, 0.3) is 0 Å². The third-order valence-corrected chi connectivity index (χ3v) is 4.52. The molecule has 0 saturated heterocycles. The molecule has 0 saturated carbocycles. The number of thioether (sulfide) groups is 1. The molecule has 0 bridgehead atoms. The van der Waals surface area contributed by atoms with Gasteiger partial charge in [-0.1, -0.05) is 6.92 Å². The van der Waals surface area contributed by atoms with Crippen molar-refractivity contribution >= 4 is 21.8 Å². The van der Waals surface area contributed by atoms with E-state index in [1.54, 1.807) is 11.8 Å². The molecular weight excluding hydrogens is 232 g/mol. The standard InChI is InChI=1S/C9H22N2O2S2/c1-4-14-8-9(2)11-15(12,13)7-5-6-10-3/h9-11H,4-8H2,1-3H3. The minimum atomic E-state index is -3.09. The Bertz CT molecular complexity index is 242. The summed E-state index contributed by atoms with van der Waals surface area (Å²) < 4.78 is 25.7. The average Bonchev–Trinajstić information content (AvgIpc) is 2.14. The van der Waals surface area contributed by atoms with Crippen molar-refractivity contribution in [2.24, 2.45) is 0 Å². The lowest BCUT2D eigenvalue weighted by Gasteiger charge is -2.13. The van der Waals surface area contributed by atoms with E-state index in [9.17, 15) is 8.42 Å². The van der Waals surface area contributed by atoms with Crippen LogP contribution in [-0.2, 0) is 10.0 Å². The van der Waals surface area contributed by atoms with Crippen LogP contribution in [-0.4, -0.2) is 45.3 Å². The lowest BCUT2D eigenvalue weighted by atomic mass is 10.4. The molecule has 6 heteroatoms. The Morgan fingerprint density at radius 3 is 2.60 bits per heavy atom. The van der Waals surface area contributed by atoms with Gasteiger partial charge >= 0.3 is 0 Å². The Kier molecular flexibility index (Phi) is 8.50. The zero-order valence-corrected chi connectivity index (χ0v) is 11.4. The Balaban J connectivity index is 3.81. The second kappa shape index (κ2) is 8.38. The van der Waals surface area contributed by atoms with Crippen LogP contribution >= 0.6 is 11.8 Å². The third kappa shape index (κ3) is 9.17. The van der Waals surface area contributed by atoms with Crippen LogP contribution in [0.4, 0.5) is 0 Å². The van der Waals surface area contributed by atoms with E-state index in [-0.39, 0.29) is 11.8 Å². The Morgan fingerprint density at radius 1 is 1.40 bits per heavy atom. The van der Waals surface area contributed by atoms with Crippen molar-refractivity contribution < 1.29 is 8.42 Å². The largest absolute Gasteiger partial charge is 0.320 e. The van der Waals surface area contributed by atoms with Crippen LogP contribution in [0.1, 0.15) is 20.3 Å². The zero-order chi connectivity index (χ0) is 11.7. The van der Waals surface area contributed by atoms with E-state index in [0.29, 0.717) is 6.42 Å². The summed E-state index contributed by atoms with van der Waals surface area (Å²) in [5.41, 5.74) is 0. The molecule has 0 aliphatic carbocycles. The van der Waals surface area contributed by atoms with Gasteiger partial charge in [0.25, 0.3) is 0 Å². The fraction of sp³-hybridized carbons (Fsp3) is 1.00. The average molecular weight is 254 g/mol. The van der Waals surface area contributed by atoms with E-state index in [0.717, 1.165) is 18.1 Å². The molecule has 0 heterocycles. The van der Waals surface area contributed by atoms with Crippen LogP contribution in [0.3, 0.4) is 0 Å². The molecule has 0 radical (unpaired) electrons. The maximum Gasteiger partial charge on any atom is 0.211 e. The second-order valence-corrected chi connectivity index (χ2v) is 6.65. The second-order valence-electron chi connectivity index (χ2n) is 3.45. The van der Waals surface area contributed by atoms with Gasteiger partial charge in [0, 0.05) is 11.8 Å². The van der Waals surface area contributed by atoms with Gasteiger partial charge in [-0.15, -0.1) is 0 Å². The first-order valence-electron chi connectivity index (χ1n) is 5.24. The molecule has 0 amide bonds. The molecule has 0 aromatic carbocycles. The first-order valence-corrected chi connectivity index (χ1v) is 8.05. The Morgan fingerprint density at radius 2 is 2.07 bits per heavy atom. The van der Waals surface area contributed by atoms with Crippen molar-refractivity contribution in [1.82, 2.24) is 10.0 Å². The highest BCUT2D eigenvalue weighted by atomic mass is 32.2. The summed E-state index contributed by atoms with van der Waals surface area (Å²) in [6.45, 7) is 4.70. The third-order valence-electron chi connectivity index (χ3n) is 1.79. The summed E-state index contributed by atoms with van der Waals surface area (Å²) in [5.74, 6) is 2.06. The normalized spacial score (nSPS) is 14.1. The summed E-state index contributed by atoms with van der Waals surface area (Å²) in [5, 5.41) is 2.93. The van der Waals surface area contributed by atoms with Crippen molar-refractivity contribution in [2.75, 3.05) is 30.9 Å². The van der Waals surface area contributed by atoms with Gasteiger partial charge in [0.1, 0.15) is 0 Å². The lowest BCUT2D eigenvalue weighted by Crippen LogP contribution is -2.36. The van der Waals surface area contributed by atoms with Gasteiger partial charge < -0.3 is 5.32 Å². The summed E-state index contributed by atoms with van der Waals surface area (Å²) in [6, 6.07) is 0.0227. The molecule has 0 spiro atoms. The van der Waals surface area contributed by atoms with Gasteiger partial charge in [0.15, 0.2) is 0 Å². The maximum absolute atomic E-state index is 11.5. The van der Waals surface area contributed by atoms with Crippen LogP contribution in [0.5, 0.6) is 0 Å². The van der Waals surface area contributed by atoms with E-state index < -0.39 is 10.0 Å². The van der Waals surface area contributed by atoms with Crippen LogP contribution in [0.2, 0.25) is 0 Å². The molecule has 0 rings (SSSR count). The lowest BCUT2D eigenvalue weighted by molar-refractivity contribution is 0.567. The molecule has 0 aromatic heterocycles. The summed E-state index contributed by atoms with van der Waals surface area (Å²) >= 11 is 1.75. The summed E-state index contributed by atoms with van der Waals surface area (Å²) in [7, 11) is -1.27. The van der Waals surface area contributed by atoms with Gasteiger partial charge in [-0.05, 0) is 32.7 Å². The summed E-state index contributed by atoms with van der Waals surface area (Å²) in [4.78, 5) is 0. The van der Waals surface area contributed by atoms with E-state index in [1.807, 2.05) is 14.0 Å². The van der Waals surface area contributed by atoms with Crippen LogP contribution in [0.15, 0.2) is 0 Å². The smallest absolute Gasteiger partial charge is 0.211 e. The van der Waals surface area contributed by atoms with Crippen molar-refractivity contribution in [3.8, 4) is 0 Å². The van der Waals surface area contributed by atoms with Gasteiger partial charge in [0.05, 0.1) is 5.75 Å². The molecule has 0 aromatic rings. The van der Waals surface area contributed by atoms with Crippen molar-refractivity contribution in [3.05, 3.63) is 0 Å². The number of hydrogen-bond donors (Lipinski definition) is 2. The molecule has 0 fully saturated rings.